The SMILES string of the molecule is COc1cc(Cc2cnc(NC(=O)C(C)(C)C)nc2NC(=O)C(C)(C)C)cc(O[C@@H](CC=O)C2CC2)c1OC. The van der Waals surface area contributed by atoms with Gasteiger partial charge < -0.3 is 24.3 Å². The van der Waals surface area contributed by atoms with Gasteiger partial charge in [-0.3, -0.25) is 14.9 Å². The van der Waals surface area contributed by atoms with Crippen molar-refractivity contribution in [2.24, 2.45) is 16.7 Å². The van der Waals surface area contributed by atoms with Crippen LogP contribution < -0.4 is 24.8 Å². The maximum atomic E-state index is 12.9. The van der Waals surface area contributed by atoms with Crippen LogP contribution in [-0.4, -0.2) is 48.4 Å². The minimum Gasteiger partial charge on any atom is -0.493 e. The topological polar surface area (TPSA) is 129 Å². The van der Waals surface area contributed by atoms with Gasteiger partial charge >= 0.3 is 0 Å². The number of aromatic nitrogens is 2. The first-order chi connectivity index (χ1) is 18.3. The van der Waals surface area contributed by atoms with Gasteiger partial charge in [0.25, 0.3) is 0 Å². The molecule has 1 saturated carbocycles. The highest BCUT2D eigenvalue weighted by atomic mass is 16.5. The zero-order valence-electron chi connectivity index (χ0n) is 24.1. The molecule has 1 aromatic carbocycles. The summed E-state index contributed by atoms with van der Waals surface area (Å²) in [6.07, 6.45) is 4.86. The van der Waals surface area contributed by atoms with Crippen molar-refractivity contribution in [1.29, 1.82) is 0 Å². The number of methoxy groups -OCH3 is 2. The molecule has 1 atom stereocenters. The normalized spacial score (nSPS) is 14.3. The lowest BCUT2D eigenvalue weighted by atomic mass is 9.95. The van der Waals surface area contributed by atoms with Crippen LogP contribution in [0.1, 0.15) is 71.9 Å². The second kappa shape index (κ2) is 12.0. The molecule has 1 aromatic heterocycles. The lowest BCUT2D eigenvalue weighted by Gasteiger charge is -2.22. The van der Waals surface area contributed by atoms with Gasteiger partial charge in [-0.2, -0.15) is 4.98 Å². The fourth-order valence-corrected chi connectivity index (χ4v) is 3.74. The number of nitrogens with one attached hydrogen (secondary N) is 2. The van der Waals surface area contributed by atoms with Gasteiger partial charge in [-0.15, -0.1) is 0 Å². The van der Waals surface area contributed by atoms with E-state index in [1.54, 1.807) is 54.8 Å². The molecule has 1 aliphatic carbocycles. The number of aldehydes is 1. The number of hydrogen-bond acceptors (Lipinski definition) is 8. The lowest BCUT2D eigenvalue weighted by molar-refractivity contribution is -0.123. The summed E-state index contributed by atoms with van der Waals surface area (Å²) in [6.45, 7) is 10.8. The Hall–Kier alpha value is -3.69. The molecule has 212 valence electrons. The van der Waals surface area contributed by atoms with Crippen molar-refractivity contribution in [3.63, 3.8) is 0 Å². The van der Waals surface area contributed by atoms with Crippen LogP contribution in [-0.2, 0) is 20.8 Å². The van der Waals surface area contributed by atoms with Crippen LogP contribution in [0.15, 0.2) is 18.3 Å². The second-order valence-corrected chi connectivity index (χ2v) is 11.9. The molecular formula is C29H40N4O6. The Morgan fingerprint density at radius 1 is 1.00 bits per heavy atom. The van der Waals surface area contributed by atoms with Crippen molar-refractivity contribution in [3.05, 3.63) is 29.5 Å². The van der Waals surface area contributed by atoms with Crippen molar-refractivity contribution >= 4 is 29.9 Å². The van der Waals surface area contributed by atoms with Crippen molar-refractivity contribution in [2.45, 2.75) is 73.3 Å². The highest BCUT2D eigenvalue weighted by molar-refractivity contribution is 5.95. The zero-order valence-corrected chi connectivity index (χ0v) is 24.1. The van der Waals surface area contributed by atoms with E-state index in [4.69, 9.17) is 14.2 Å². The van der Waals surface area contributed by atoms with Gasteiger partial charge in [0, 0.05) is 35.4 Å². The van der Waals surface area contributed by atoms with Gasteiger partial charge in [0.05, 0.1) is 14.2 Å². The van der Waals surface area contributed by atoms with Gasteiger partial charge in [-0.1, -0.05) is 41.5 Å². The zero-order chi connectivity index (χ0) is 29.0. The van der Waals surface area contributed by atoms with Crippen molar-refractivity contribution < 1.29 is 28.6 Å². The number of ether oxygens (including phenoxy) is 3. The number of rotatable bonds is 11. The number of hydrogen-bond donors (Lipinski definition) is 2. The molecule has 2 aromatic rings. The van der Waals surface area contributed by atoms with Crippen LogP contribution in [0.5, 0.6) is 17.2 Å². The van der Waals surface area contributed by atoms with Gasteiger partial charge in [0.2, 0.25) is 23.5 Å². The molecule has 3 rings (SSSR count). The number of anilines is 2. The third-order valence-corrected chi connectivity index (χ3v) is 6.34. The van der Waals surface area contributed by atoms with Crippen molar-refractivity contribution in [2.75, 3.05) is 24.9 Å². The fourth-order valence-electron chi connectivity index (χ4n) is 3.74. The van der Waals surface area contributed by atoms with Gasteiger partial charge in [-0.25, -0.2) is 4.98 Å². The Morgan fingerprint density at radius 2 is 1.62 bits per heavy atom. The van der Waals surface area contributed by atoms with E-state index >= 15 is 0 Å². The highest BCUT2D eigenvalue weighted by Crippen LogP contribution is 2.43. The highest BCUT2D eigenvalue weighted by Gasteiger charge is 2.34. The van der Waals surface area contributed by atoms with E-state index in [1.165, 1.54) is 7.11 Å². The van der Waals surface area contributed by atoms with E-state index in [9.17, 15) is 14.4 Å². The first-order valence-corrected chi connectivity index (χ1v) is 13.1. The van der Waals surface area contributed by atoms with Crippen molar-refractivity contribution in [1.82, 2.24) is 9.97 Å². The standard InChI is InChI=1S/C29H40N4O6/c1-28(2,3)25(35)31-24-19(16-30-27(32-24)33-26(36)29(4,5)6)13-17-14-21(37-7)23(38-8)22(15-17)39-20(11-12-34)18-9-10-18/h12,14-16,18,20H,9-11,13H2,1-8H3,(H2,30,31,32,33,35,36)/t20-/m0/s1. The molecule has 1 heterocycles. The van der Waals surface area contributed by atoms with Crippen LogP contribution in [0.4, 0.5) is 11.8 Å². The summed E-state index contributed by atoms with van der Waals surface area (Å²) in [5.41, 5.74) is 0.114. The van der Waals surface area contributed by atoms with E-state index in [-0.39, 0.29) is 23.9 Å². The minimum atomic E-state index is -0.669. The molecule has 39 heavy (non-hydrogen) atoms. The number of amides is 2. The number of benzene rings is 1. The van der Waals surface area contributed by atoms with E-state index in [0.29, 0.717) is 47.4 Å². The van der Waals surface area contributed by atoms with Crippen LogP contribution in [0, 0.1) is 16.7 Å². The molecular weight excluding hydrogens is 500 g/mol. The summed E-state index contributed by atoms with van der Waals surface area (Å²) in [5, 5.41) is 5.61. The molecule has 0 bridgehead atoms. The lowest BCUT2D eigenvalue weighted by Crippen LogP contribution is -2.30. The first kappa shape index (κ1) is 29.9. The molecule has 2 N–H and O–H groups in total. The van der Waals surface area contributed by atoms with E-state index in [0.717, 1.165) is 24.7 Å². The van der Waals surface area contributed by atoms with Crippen LogP contribution in [0.3, 0.4) is 0 Å². The van der Waals surface area contributed by atoms with Gasteiger partial charge in [-0.05, 0) is 36.5 Å². The number of nitrogens with zero attached hydrogens (tertiary/aromatic N) is 2. The van der Waals surface area contributed by atoms with E-state index < -0.39 is 10.8 Å². The van der Waals surface area contributed by atoms with E-state index in [2.05, 4.69) is 20.6 Å². The first-order valence-electron chi connectivity index (χ1n) is 13.1. The van der Waals surface area contributed by atoms with Crippen LogP contribution in [0.25, 0.3) is 0 Å². The summed E-state index contributed by atoms with van der Waals surface area (Å²) < 4.78 is 17.4. The molecule has 1 fully saturated rings. The number of carbonyl (C=O) groups is 3. The summed E-state index contributed by atoms with van der Waals surface area (Å²) in [7, 11) is 3.08. The fraction of sp³-hybridized carbons (Fsp3) is 0.552. The molecule has 0 saturated heterocycles. The van der Waals surface area contributed by atoms with Crippen LogP contribution >= 0.6 is 0 Å². The smallest absolute Gasteiger partial charge is 0.232 e. The summed E-state index contributed by atoms with van der Waals surface area (Å²) in [5.74, 6) is 1.64. The Balaban J connectivity index is 2.00. The largest absolute Gasteiger partial charge is 0.493 e. The molecule has 0 spiro atoms. The molecule has 0 unspecified atom stereocenters. The molecule has 1 aliphatic rings. The Bertz CT molecular complexity index is 1210. The maximum absolute atomic E-state index is 12.9. The maximum Gasteiger partial charge on any atom is 0.232 e. The molecule has 0 radical (unpaired) electrons. The third kappa shape index (κ3) is 7.91. The second-order valence-electron chi connectivity index (χ2n) is 11.9. The molecule has 10 nitrogen and oxygen atoms in total. The summed E-state index contributed by atoms with van der Waals surface area (Å²) in [6, 6.07) is 3.66. The Morgan fingerprint density at radius 3 is 2.15 bits per heavy atom. The Labute approximate surface area is 230 Å². The average Bonchev–Trinajstić information content (AvgIpc) is 3.69. The van der Waals surface area contributed by atoms with E-state index in [1.807, 2.05) is 12.1 Å². The quantitative estimate of drug-likeness (QED) is 0.389. The predicted octanol–water partition coefficient (Wildman–Crippen LogP) is 4.80. The molecule has 0 aliphatic heterocycles. The summed E-state index contributed by atoms with van der Waals surface area (Å²) >= 11 is 0. The molecule has 10 heteroatoms. The van der Waals surface area contributed by atoms with Gasteiger partial charge in [0.1, 0.15) is 18.2 Å². The Kier molecular flexibility index (Phi) is 9.19. The number of carbonyl (C=O) groups excluding carboxylic acids is 3. The van der Waals surface area contributed by atoms with Gasteiger partial charge in [0.15, 0.2) is 11.5 Å². The predicted molar refractivity (Wildman–Crippen MR) is 148 cm³/mol. The third-order valence-electron chi connectivity index (χ3n) is 6.34. The van der Waals surface area contributed by atoms with Crippen molar-refractivity contribution in [3.8, 4) is 17.2 Å². The molecule has 2 amide bonds. The average molecular weight is 541 g/mol. The minimum absolute atomic E-state index is 0.0976. The van der Waals surface area contributed by atoms with Crippen LogP contribution in [0.2, 0.25) is 0 Å². The monoisotopic (exact) mass is 540 g/mol. The summed E-state index contributed by atoms with van der Waals surface area (Å²) in [4.78, 5) is 45.5.